The molecule has 6 nitrogen and oxygen atoms in total. The predicted octanol–water partition coefficient (Wildman–Crippen LogP) is 6.72. The summed E-state index contributed by atoms with van der Waals surface area (Å²) < 4.78 is 1.10. The molecule has 0 amide bonds. The fraction of sp³-hybridized carbons (Fsp3) is 0.263. The molecule has 2 saturated carbocycles. The van der Waals surface area contributed by atoms with Gasteiger partial charge in [0.05, 0.1) is 23.6 Å². The Morgan fingerprint density at radius 3 is 2.16 bits per heavy atom. The summed E-state index contributed by atoms with van der Waals surface area (Å²) in [7, 11) is 0. The SMILES string of the molecule is C(#CC12CNCC1C2)c1ccccn1.N#Cc1cccc(I)c1.[C-]#[N+]c1cccc(N2CC3CC3(C#Cc3ccccn3)C2)c1. The average molecular weight is 699 g/mol. The van der Waals surface area contributed by atoms with Crippen molar-refractivity contribution in [2.45, 2.75) is 12.8 Å². The van der Waals surface area contributed by atoms with Crippen molar-refractivity contribution in [3.63, 3.8) is 0 Å². The second-order valence-electron chi connectivity index (χ2n) is 11.8. The highest BCUT2D eigenvalue weighted by atomic mass is 127. The van der Waals surface area contributed by atoms with Crippen LogP contribution in [0, 0.1) is 67.8 Å². The molecule has 4 atom stereocenters. The van der Waals surface area contributed by atoms with Crippen LogP contribution < -0.4 is 10.2 Å². The molecule has 2 aromatic carbocycles. The van der Waals surface area contributed by atoms with Gasteiger partial charge in [-0.3, -0.25) is 0 Å². The Hall–Kier alpha value is -4.67. The van der Waals surface area contributed by atoms with E-state index in [9.17, 15) is 0 Å². The Labute approximate surface area is 278 Å². The lowest BCUT2D eigenvalue weighted by Crippen LogP contribution is -2.23. The lowest BCUT2D eigenvalue weighted by Gasteiger charge is -2.21. The zero-order valence-electron chi connectivity index (χ0n) is 24.7. The molecule has 2 aliphatic heterocycles. The molecule has 4 fully saturated rings. The van der Waals surface area contributed by atoms with Gasteiger partial charge in [-0.05, 0) is 120 Å². The van der Waals surface area contributed by atoms with Crippen LogP contribution >= 0.6 is 22.6 Å². The topological polar surface area (TPSA) is 69.2 Å². The molecule has 4 unspecified atom stereocenters. The molecular formula is C38H31IN6. The van der Waals surface area contributed by atoms with E-state index in [1.807, 2.05) is 72.8 Å². The van der Waals surface area contributed by atoms with E-state index in [0.717, 1.165) is 58.3 Å². The van der Waals surface area contributed by atoms with Gasteiger partial charge in [-0.15, -0.1) is 0 Å². The first-order chi connectivity index (χ1) is 22.0. The summed E-state index contributed by atoms with van der Waals surface area (Å²) in [5.74, 6) is 14.7. The summed E-state index contributed by atoms with van der Waals surface area (Å²) in [6.07, 6.45) is 6.04. The third-order valence-corrected chi connectivity index (χ3v) is 9.37. The monoisotopic (exact) mass is 698 g/mol. The number of fused-ring (bicyclic) bond motifs is 2. The molecule has 2 aliphatic carbocycles. The van der Waals surface area contributed by atoms with Crippen molar-refractivity contribution in [3.8, 4) is 29.8 Å². The maximum atomic E-state index is 8.41. The first kappa shape index (κ1) is 30.4. The van der Waals surface area contributed by atoms with Gasteiger partial charge in [-0.2, -0.15) is 5.26 Å². The highest BCUT2D eigenvalue weighted by Gasteiger charge is 2.59. The van der Waals surface area contributed by atoms with E-state index < -0.39 is 0 Å². The van der Waals surface area contributed by atoms with E-state index in [1.54, 1.807) is 18.5 Å². The molecule has 2 saturated heterocycles. The van der Waals surface area contributed by atoms with Crippen LogP contribution in [-0.2, 0) is 0 Å². The van der Waals surface area contributed by atoms with Crippen molar-refractivity contribution >= 4 is 34.0 Å². The third-order valence-electron chi connectivity index (χ3n) is 8.70. The number of anilines is 1. The Morgan fingerprint density at radius 2 is 1.58 bits per heavy atom. The van der Waals surface area contributed by atoms with Crippen LogP contribution in [0.3, 0.4) is 0 Å². The number of nitrogens with zero attached hydrogens (tertiary/aromatic N) is 5. The summed E-state index contributed by atoms with van der Waals surface area (Å²) >= 11 is 2.18. The van der Waals surface area contributed by atoms with Crippen LogP contribution in [0.2, 0.25) is 0 Å². The van der Waals surface area contributed by atoms with E-state index in [0.29, 0.717) is 17.0 Å². The Kier molecular flexibility index (Phi) is 9.13. The predicted molar refractivity (Wildman–Crippen MR) is 185 cm³/mol. The molecule has 1 N–H and O–H groups in total. The second-order valence-corrected chi connectivity index (χ2v) is 13.1. The minimum absolute atomic E-state index is 0.131. The first-order valence-corrected chi connectivity index (χ1v) is 16.1. The van der Waals surface area contributed by atoms with Crippen molar-refractivity contribution in [1.82, 2.24) is 15.3 Å². The van der Waals surface area contributed by atoms with Crippen LogP contribution in [0.25, 0.3) is 4.85 Å². The largest absolute Gasteiger partial charge is 0.371 e. The number of pyridine rings is 2. The summed E-state index contributed by atoms with van der Waals surface area (Å²) in [6.45, 7) is 11.4. The zero-order valence-corrected chi connectivity index (χ0v) is 26.9. The van der Waals surface area contributed by atoms with Gasteiger partial charge >= 0.3 is 0 Å². The number of hydrogen-bond donors (Lipinski definition) is 1. The van der Waals surface area contributed by atoms with Crippen LogP contribution in [0.1, 0.15) is 29.8 Å². The summed E-state index contributed by atoms with van der Waals surface area (Å²) in [4.78, 5) is 14.3. The maximum absolute atomic E-state index is 8.41. The molecule has 7 heteroatoms. The van der Waals surface area contributed by atoms with Gasteiger partial charge in [0.1, 0.15) is 11.4 Å². The fourth-order valence-corrected chi connectivity index (χ4v) is 6.52. The molecule has 4 aliphatic rings. The number of hydrogen-bond acceptors (Lipinski definition) is 5. The normalized spacial score (nSPS) is 24.1. The number of halogens is 1. The van der Waals surface area contributed by atoms with Gasteiger partial charge in [-0.1, -0.05) is 42.2 Å². The maximum Gasteiger partial charge on any atom is 0.189 e. The molecular weight excluding hydrogens is 667 g/mol. The average Bonchev–Trinajstić information content (AvgIpc) is 3.88. The third kappa shape index (κ3) is 7.53. The summed E-state index contributed by atoms with van der Waals surface area (Å²) in [5.41, 5.74) is 4.73. The molecule has 0 bridgehead atoms. The number of rotatable bonds is 1. The molecule has 4 heterocycles. The number of piperidine rings is 2. The van der Waals surface area contributed by atoms with Gasteiger partial charge in [0.25, 0.3) is 0 Å². The van der Waals surface area contributed by atoms with E-state index in [2.05, 4.69) is 83.4 Å². The summed E-state index contributed by atoms with van der Waals surface area (Å²) in [5, 5.41) is 11.8. The van der Waals surface area contributed by atoms with E-state index >= 15 is 0 Å². The number of aromatic nitrogens is 2. The highest BCUT2D eigenvalue weighted by molar-refractivity contribution is 14.1. The molecule has 2 aromatic heterocycles. The zero-order chi connectivity index (χ0) is 31.1. The van der Waals surface area contributed by atoms with Gasteiger partial charge in [0.2, 0.25) is 0 Å². The lowest BCUT2D eigenvalue weighted by molar-refractivity contribution is 0.666. The van der Waals surface area contributed by atoms with Crippen molar-refractivity contribution in [2.24, 2.45) is 22.7 Å². The fourth-order valence-electron chi connectivity index (χ4n) is 5.97. The Bertz CT molecular complexity index is 1870. The lowest BCUT2D eigenvalue weighted by atomic mass is 10.1. The molecule has 0 radical (unpaired) electrons. The van der Waals surface area contributed by atoms with E-state index in [4.69, 9.17) is 11.8 Å². The van der Waals surface area contributed by atoms with Crippen LogP contribution in [0.5, 0.6) is 0 Å². The van der Waals surface area contributed by atoms with Crippen molar-refractivity contribution in [2.75, 3.05) is 31.1 Å². The smallest absolute Gasteiger partial charge is 0.189 e. The second kappa shape index (κ2) is 13.5. The molecule has 0 spiro atoms. The van der Waals surface area contributed by atoms with E-state index in [1.165, 1.54) is 12.8 Å². The van der Waals surface area contributed by atoms with Gasteiger partial charge in [-0.25, -0.2) is 14.8 Å². The number of nitrogens with one attached hydrogen (secondary N) is 1. The summed E-state index contributed by atoms with van der Waals surface area (Å²) in [6, 6.07) is 29.1. The van der Waals surface area contributed by atoms with Crippen molar-refractivity contribution in [1.29, 1.82) is 5.26 Å². The van der Waals surface area contributed by atoms with Crippen LogP contribution in [0.15, 0.2) is 97.3 Å². The Morgan fingerprint density at radius 1 is 0.867 bits per heavy atom. The Balaban J connectivity index is 0.000000132. The van der Waals surface area contributed by atoms with Crippen molar-refractivity contribution in [3.05, 3.63) is 129 Å². The number of benzene rings is 2. The quantitative estimate of drug-likeness (QED) is 0.136. The van der Waals surface area contributed by atoms with Crippen molar-refractivity contribution < 1.29 is 0 Å². The highest BCUT2D eigenvalue weighted by Crippen LogP contribution is 2.58. The number of nitriles is 1. The van der Waals surface area contributed by atoms with Crippen LogP contribution in [-0.4, -0.2) is 36.1 Å². The van der Waals surface area contributed by atoms with Gasteiger partial charge < -0.3 is 10.2 Å². The molecule has 8 rings (SSSR count). The molecule has 220 valence electrons. The molecule has 4 aromatic rings. The van der Waals surface area contributed by atoms with Gasteiger partial charge in [0.15, 0.2) is 5.69 Å². The molecule has 45 heavy (non-hydrogen) atoms. The minimum Gasteiger partial charge on any atom is -0.371 e. The van der Waals surface area contributed by atoms with Gasteiger partial charge in [0, 0.05) is 46.7 Å². The first-order valence-electron chi connectivity index (χ1n) is 15.0. The van der Waals surface area contributed by atoms with E-state index in [-0.39, 0.29) is 5.41 Å². The minimum atomic E-state index is 0.131. The van der Waals surface area contributed by atoms with Crippen LogP contribution in [0.4, 0.5) is 11.4 Å². The standard InChI is InChI=1S/C19H15N3.C12H12N2.C7H4IN/c1-20-17-6-4-7-18(11-17)22-13-15-12-19(15,14-22)9-8-16-5-2-3-10-21-16;1-2-6-14-11(3-1)4-5-12-7-10(12)8-13-9-12;8-7-3-1-2-6(4-7)5-9/h2-7,10-11,15H,12-14H2;1-3,6,10,13H,7-9H2;1-4H.